The average Bonchev–Trinajstić information content (AvgIpc) is 2.34. The number of aromatic nitrogens is 2. The molecule has 1 aromatic heterocycles. The Labute approximate surface area is 103 Å². The van der Waals surface area contributed by atoms with Crippen molar-refractivity contribution in [2.75, 3.05) is 6.54 Å². The van der Waals surface area contributed by atoms with Gasteiger partial charge in [0.25, 0.3) is 0 Å². The van der Waals surface area contributed by atoms with Gasteiger partial charge in [-0.2, -0.15) is 0 Å². The third-order valence-corrected chi connectivity index (χ3v) is 2.81. The predicted octanol–water partition coefficient (Wildman–Crippen LogP) is 1.80. The van der Waals surface area contributed by atoms with Crippen LogP contribution in [0, 0.1) is 0 Å². The van der Waals surface area contributed by atoms with Crippen molar-refractivity contribution < 1.29 is 0 Å². The van der Waals surface area contributed by atoms with Gasteiger partial charge in [-0.3, -0.25) is 4.57 Å². The summed E-state index contributed by atoms with van der Waals surface area (Å²) in [7, 11) is 0. The van der Waals surface area contributed by atoms with Crippen LogP contribution in [0.25, 0.3) is 0 Å². The van der Waals surface area contributed by atoms with E-state index in [1.807, 2.05) is 0 Å². The topological polar surface area (TPSA) is 46.9 Å². The smallest absolute Gasteiger partial charge is 0.314 e. The molecule has 0 aromatic carbocycles. The van der Waals surface area contributed by atoms with Crippen molar-refractivity contribution in [2.45, 2.75) is 52.1 Å². The molecule has 1 aromatic rings. The number of unbranched alkanes of at least 4 members (excludes halogenated alkanes) is 1. The summed E-state index contributed by atoms with van der Waals surface area (Å²) >= 11 is 0. The van der Waals surface area contributed by atoms with Crippen LogP contribution in [0.2, 0.25) is 0 Å². The van der Waals surface area contributed by atoms with Gasteiger partial charge >= 0.3 is 5.69 Å². The monoisotopic (exact) mass is 237 g/mol. The van der Waals surface area contributed by atoms with E-state index in [2.05, 4.69) is 24.1 Å². The molecule has 0 aliphatic carbocycles. The Bertz CT molecular complexity index is 362. The van der Waals surface area contributed by atoms with E-state index in [-0.39, 0.29) is 5.69 Å². The van der Waals surface area contributed by atoms with E-state index in [9.17, 15) is 4.79 Å². The Morgan fingerprint density at radius 2 is 2.29 bits per heavy atom. The quantitative estimate of drug-likeness (QED) is 0.701. The van der Waals surface area contributed by atoms with Crippen LogP contribution in [0.1, 0.15) is 39.5 Å². The summed E-state index contributed by atoms with van der Waals surface area (Å²) in [5.41, 5.74) is -0.148. The number of nitrogens with zero attached hydrogens (tertiary/aromatic N) is 2. The molecule has 0 saturated heterocycles. The van der Waals surface area contributed by atoms with Gasteiger partial charge < -0.3 is 5.32 Å². The van der Waals surface area contributed by atoms with E-state index in [0.29, 0.717) is 6.04 Å². The van der Waals surface area contributed by atoms with Crippen LogP contribution in [0.5, 0.6) is 0 Å². The minimum Gasteiger partial charge on any atom is -0.314 e. The van der Waals surface area contributed by atoms with Crippen LogP contribution in [-0.4, -0.2) is 22.1 Å². The Kier molecular flexibility index (Phi) is 6.55. The van der Waals surface area contributed by atoms with E-state index < -0.39 is 0 Å². The molecule has 17 heavy (non-hydrogen) atoms. The van der Waals surface area contributed by atoms with Crippen LogP contribution >= 0.6 is 0 Å². The lowest BCUT2D eigenvalue weighted by Gasteiger charge is -2.12. The molecule has 0 fully saturated rings. The molecule has 0 spiro atoms. The second-order valence-corrected chi connectivity index (χ2v) is 4.45. The Balaban J connectivity index is 2.16. The number of aryl methyl sites for hydroxylation is 1. The molecule has 4 heteroatoms. The van der Waals surface area contributed by atoms with Crippen molar-refractivity contribution in [2.24, 2.45) is 0 Å². The highest BCUT2D eigenvalue weighted by Crippen LogP contribution is 2.01. The SMILES string of the molecule is CCCNC(C)CCCCn1cccnc1=O. The second-order valence-electron chi connectivity index (χ2n) is 4.45. The van der Waals surface area contributed by atoms with Crippen LogP contribution in [-0.2, 0) is 6.54 Å². The lowest BCUT2D eigenvalue weighted by molar-refractivity contribution is 0.472. The molecule has 1 heterocycles. The maximum Gasteiger partial charge on any atom is 0.347 e. The van der Waals surface area contributed by atoms with Crippen LogP contribution in [0.15, 0.2) is 23.3 Å². The Morgan fingerprint density at radius 3 is 3.00 bits per heavy atom. The fourth-order valence-electron chi connectivity index (χ4n) is 1.78. The van der Waals surface area contributed by atoms with Crippen molar-refractivity contribution in [3.8, 4) is 0 Å². The molecule has 1 N–H and O–H groups in total. The summed E-state index contributed by atoms with van der Waals surface area (Å²) in [6.45, 7) is 6.25. The number of hydrogen-bond donors (Lipinski definition) is 1. The first-order valence-corrected chi connectivity index (χ1v) is 6.49. The third-order valence-electron chi connectivity index (χ3n) is 2.81. The maximum atomic E-state index is 11.3. The van der Waals surface area contributed by atoms with E-state index in [0.717, 1.165) is 32.4 Å². The molecule has 0 saturated carbocycles. The Morgan fingerprint density at radius 1 is 1.47 bits per heavy atom. The van der Waals surface area contributed by atoms with E-state index in [4.69, 9.17) is 0 Å². The van der Waals surface area contributed by atoms with Gasteiger partial charge in [0.1, 0.15) is 0 Å². The Hall–Kier alpha value is -1.16. The molecule has 0 bridgehead atoms. The van der Waals surface area contributed by atoms with E-state index in [1.165, 1.54) is 12.6 Å². The van der Waals surface area contributed by atoms with Crippen molar-refractivity contribution in [3.05, 3.63) is 28.9 Å². The molecular formula is C13H23N3O. The van der Waals surface area contributed by atoms with E-state index in [1.54, 1.807) is 16.8 Å². The maximum absolute atomic E-state index is 11.3. The third kappa shape index (κ3) is 5.63. The van der Waals surface area contributed by atoms with Crippen LogP contribution in [0.3, 0.4) is 0 Å². The summed E-state index contributed by atoms with van der Waals surface area (Å²) in [6, 6.07) is 2.37. The molecule has 1 unspecified atom stereocenters. The first kappa shape index (κ1) is 13.9. The first-order chi connectivity index (χ1) is 8.24. The summed E-state index contributed by atoms with van der Waals surface area (Å²) in [5.74, 6) is 0. The zero-order valence-electron chi connectivity index (χ0n) is 10.9. The molecule has 1 rings (SSSR count). The largest absolute Gasteiger partial charge is 0.347 e. The van der Waals surface area contributed by atoms with Crippen molar-refractivity contribution in [1.82, 2.24) is 14.9 Å². The summed E-state index contributed by atoms with van der Waals surface area (Å²) < 4.78 is 1.67. The highest BCUT2D eigenvalue weighted by atomic mass is 16.1. The van der Waals surface area contributed by atoms with E-state index >= 15 is 0 Å². The molecule has 1 atom stereocenters. The lowest BCUT2D eigenvalue weighted by Crippen LogP contribution is -2.26. The van der Waals surface area contributed by atoms with Crippen molar-refractivity contribution in [1.29, 1.82) is 0 Å². The van der Waals surface area contributed by atoms with Gasteiger partial charge in [0.05, 0.1) is 0 Å². The molecule has 0 radical (unpaired) electrons. The van der Waals surface area contributed by atoms with Crippen LogP contribution in [0.4, 0.5) is 0 Å². The summed E-state index contributed by atoms with van der Waals surface area (Å²) in [4.78, 5) is 15.1. The average molecular weight is 237 g/mol. The lowest BCUT2D eigenvalue weighted by atomic mass is 10.1. The summed E-state index contributed by atoms with van der Waals surface area (Å²) in [5, 5.41) is 3.46. The molecule has 4 nitrogen and oxygen atoms in total. The second kappa shape index (κ2) is 8.01. The van der Waals surface area contributed by atoms with Crippen molar-refractivity contribution in [3.63, 3.8) is 0 Å². The van der Waals surface area contributed by atoms with Gasteiger partial charge in [-0.05, 0) is 38.8 Å². The minimum atomic E-state index is -0.148. The number of rotatable bonds is 8. The normalized spacial score (nSPS) is 12.6. The van der Waals surface area contributed by atoms with Gasteiger partial charge in [0.15, 0.2) is 0 Å². The van der Waals surface area contributed by atoms with Gasteiger partial charge in [-0.15, -0.1) is 0 Å². The standard InChI is InChI=1S/C13H23N3O/c1-3-8-14-12(2)7-4-5-10-16-11-6-9-15-13(16)17/h6,9,11-12,14H,3-5,7-8,10H2,1-2H3. The van der Waals surface area contributed by atoms with Gasteiger partial charge in [0.2, 0.25) is 0 Å². The zero-order chi connectivity index (χ0) is 12.5. The van der Waals surface area contributed by atoms with Crippen molar-refractivity contribution >= 4 is 0 Å². The highest BCUT2D eigenvalue weighted by molar-refractivity contribution is 4.80. The number of hydrogen-bond acceptors (Lipinski definition) is 3. The molecule has 96 valence electrons. The van der Waals surface area contributed by atoms with Gasteiger partial charge in [0, 0.05) is 25.0 Å². The predicted molar refractivity (Wildman–Crippen MR) is 70.1 cm³/mol. The molecular weight excluding hydrogens is 214 g/mol. The first-order valence-electron chi connectivity index (χ1n) is 6.49. The van der Waals surface area contributed by atoms with Crippen LogP contribution < -0.4 is 11.0 Å². The fourth-order valence-corrected chi connectivity index (χ4v) is 1.78. The minimum absolute atomic E-state index is 0.148. The van der Waals surface area contributed by atoms with Gasteiger partial charge in [-0.25, -0.2) is 9.78 Å². The fraction of sp³-hybridized carbons (Fsp3) is 0.692. The summed E-state index contributed by atoms with van der Waals surface area (Å²) in [6.07, 6.45) is 7.84. The molecule has 0 aliphatic heterocycles. The van der Waals surface area contributed by atoms with Gasteiger partial charge in [-0.1, -0.05) is 13.3 Å². The zero-order valence-corrected chi connectivity index (χ0v) is 10.9. The number of nitrogens with one attached hydrogen (secondary N) is 1. The molecule has 0 aliphatic rings. The molecule has 0 amide bonds. The highest BCUT2D eigenvalue weighted by Gasteiger charge is 2.00.